The summed E-state index contributed by atoms with van der Waals surface area (Å²) in [5.74, 6) is -1.08. The largest absolute Gasteiger partial charge is 0.477 e. The Morgan fingerprint density at radius 3 is 2.61 bits per heavy atom. The van der Waals surface area contributed by atoms with Crippen molar-refractivity contribution in [3.63, 3.8) is 0 Å². The number of carbonyl (C=O) groups excluding carboxylic acids is 1. The number of amides is 1. The van der Waals surface area contributed by atoms with Gasteiger partial charge in [-0.1, -0.05) is 0 Å². The number of ether oxygens (including phenoxy) is 1. The number of carboxylic acids is 1. The third-order valence-electron chi connectivity index (χ3n) is 2.81. The van der Waals surface area contributed by atoms with Gasteiger partial charge in [0.2, 0.25) is 0 Å². The maximum atomic E-state index is 12.3. The van der Waals surface area contributed by atoms with Gasteiger partial charge in [0.25, 0.3) is 5.91 Å². The molecule has 0 radical (unpaired) electrons. The molecule has 1 fully saturated rings. The Morgan fingerprint density at radius 2 is 2.11 bits per heavy atom. The maximum Gasteiger partial charge on any atom is 0.345 e. The number of carbonyl (C=O) groups is 2. The zero-order valence-electron chi connectivity index (χ0n) is 10.1. The highest BCUT2D eigenvalue weighted by Gasteiger charge is 2.33. The molecule has 0 aliphatic heterocycles. The lowest BCUT2D eigenvalue weighted by Crippen LogP contribution is -2.35. The fourth-order valence-corrected chi connectivity index (χ4v) is 2.54. The van der Waals surface area contributed by atoms with Crippen LogP contribution in [0.15, 0.2) is 12.1 Å². The van der Waals surface area contributed by atoms with Crippen LogP contribution >= 0.6 is 11.3 Å². The second kappa shape index (κ2) is 5.49. The minimum absolute atomic E-state index is 0.0907. The predicted molar refractivity (Wildman–Crippen MR) is 67.2 cm³/mol. The van der Waals surface area contributed by atoms with Gasteiger partial charge in [-0.25, -0.2) is 4.79 Å². The van der Waals surface area contributed by atoms with Gasteiger partial charge < -0.3 is 14.7 Å². The van der Waals surface area contributed by atoms with Gasteiger partial charge in [0.15, 0.2) is 0 Å². The van der Waals surface area contributed by atoms with Gasteiger partial charge in [0, 0.05) is 19.7 Å². The first kappa shape index (κ1) is 13.0. The molecule has 1 aliphatic rings. The smallest absolute Gasteiger partial charge is 0.345 e. The van der Waals surface area contributed by atoms with E-state index in [0.717, 1.165) is 24.2 Å². The number of nitrogens with zero attached hydrogens (tertiary/aromatic N) is 1. The Bertz CT molecular complexity index is 453. The molecular weight excluding hydrogens is 254 g/mol. The number of rotatable bonds is 6. The number of aromatic carboxylic acids is 1. The number of hydrogen-bond donors (Lipinski definition) is 1. The van der Waals surface area contributed by atoms with Gasteiger partial charge in [-0.05, 0) is 25.0 Å². The van der Waals surface area contributed by atoms with E-state index in [9.17, 15) is 9.59 Å². The second-order valence-corrected chi connectivity index (χ2v) is 5.28. The molecule has 1 amide bonds. The lowest BCUT2D eigenvalue weighted by Gasteiger charge is -2.21. The van der Waals surface area contributed by atoms with E-state index in [2.05, 4.69) is 0 Å². The Balaban J connectivity index is 2.09. The highest BCUT2D eigenvalue weighted by atomic mass is 32.1. The molecule has 1 aromatic heterocycles. The summed E-state index contributed by atoms with van der Waals surface area (Å²) in [4.78, 5) is 25.5. The Morgan fingerprint density at radius 1 is 1.44 bits per heavy atom. The molecule has 1 aliphatic carbocycles. The first-order valence-electron chi connectivity index (χ1n) is 5.76. The molecule has 5 nitrogen and oxygen atoms in total. The van der Waals surface area contributed by atoms with E-state index in [4.69, 9.17) is 9.84 Å². The van der Waals surface area contributed by atoms with Crippen molar-refractivity contribution >= 4 is 23.2 Å². The van der Waals surface area contributed by atoms with E-state index < -0.39 is 5.97 Å². The van der Waals surface area contributed by atoms with Gasteiger partial charge in [-0.2, -0.15) is 0 Å². The average Bonchev–Trinajstić information content (AvgIpc) is 3.05. The number of thiophene rings is 1. The Kier molecular flexibility index (Phi) is 3.98. The van der Waals surface area contributed by atoms with Crippen molar-refractivity contribution in [3.05, 3.63) is 21.9 Å². The van der Waals surface area contributed by atoms with Crippen LogP contribution in [0.2, 0.25) is 0 Å². The van der Waals surface area contributed by atoms with Crippen molar-refractivity contribution in [2.24, 2.45) is 0 Å². The molecule has 0 bridgehead atoms. The quantitative estimate of drug-likeness (QED) is 0.853. The normalized spacial score (nSPS) is 14.5. The van der Waals surface area contributed by atoms with Crippen molar-refractivity contribution in [1.82, 2.24) is 4.90 Å². The highest BCUT2D eigenvalue weighted by molar-refractivity contribution is 7.15. The monoisotopic (exact) mass is 269 g/mol. The lowest BCUT2D eigenvalue weighted by atomic mass is 10.3. The van der Waals surface area contributed by atoms with E-state index in [0.29, 0.717) is 24.1 Å². The molecule has 0 aromatic carbocycles. The predicted octanol–water partition coefficient (Wildman–Crippen LogP) is 1.70. The summed E-state index contributed by atoms with van der Waals surface area (Å²) in [6, 6.07) is 3.35. The molecule has 0 spiro atoms. The van der Waals surface area contributed by atoms with Gasteiger partial charge >= 0.3 is 5.97 Å². The molecule has 2 rings (SSSR count). The molecular formula is C12H15NO4S. The zero-order valence-corrected chi connectivity index (χ0v) is 10.9. The van der Waals surface area contributed by atoms with Crippen molar-refractivity contribution in [3.8, 4) is 0 Å². The van der Waals surface area contributed by atoms with E-state index in [1.54, 1.807) is 18.1 Å². The second-order valence-electron chi connectivity index (χ2n) is 4.19. The summed E-state index contributed by atoms with van der Waals surface area (Å²) >= 11 is 1.02. The summed E-state index contributed by atoms with van der Waals surface area (Å²) in [6.45, 7) is 1.06. The van der Waals surface area contributed by atoms with E-state index >= 15 is 0 Å². The zero-order chi connectivity index (χ0) is 13.1. The first-order chi connectivity index (χ1) is 8.63. The molecule has 6 heteroatoms. The molecule has 18 heavy (non-hydrogen) atoms. The molecule has 98 valence electrons. The third kappa shape index (κ3) is 2.88. The lowest BCUT2D eigenvalue weighted by molar-refractivity contribution is 0.0683. The maximum absolute atomic E-state index is 12.3. The minimum atomic E-state index is -0.992. The topological polar surface area (TPSA) is 66.8 Å². The summed E-state index contributed by atoms with van der Waals surface area (Å²) < 4.78 is 5.00. The average molecular weight is 269 g/mol. The molecule has 0 unspecified atom stereocenters. The van der Waals surface area contributed by atoms with Crippen LogP contribution < -0.4 is 0 Å². The van der Waals surface area contributed by atoms with Crippen LogP contribution in [0.5, 0.6) is 0 Å². The van der Waals surface area contributed by atoms with Crippen molar-refractivity contribution in [2.75, 3.05) is 20.3 Å². The van der Waals surface area contributed by atoms with Crippen molar-refractivity contribution in [2.45, 2.75) is 18.9 Å². The van der Waals surface area contributed by atoms with E-state index in [-0.39, 0.29) is 10.8 Å². The van der Waals surface area contributed by atoms with Gasteiger partial charge in [-0.3, -0.25) is 4.79 Å². The highest BCUT2D eigenvalue weighted by Crippen LogP contribution is 2.29. The van der Waals surface area contributed by atoms with Crippen molar-refractivity contribution in [1.29, 1.82) is 0 Å². The van der Waals surface area contributed by atoms with Gasteiger partial charge in [0.1, 0.15) is 4.88 Å². The standard InChI is InChI=1S/C12H15NO4S/c1-17-7-6-13(8-2-3-8)11(14)9-4-5-10(18-9)12(15)16/h4-5,8H,2-3,6-7H2,1H3,(H,15,16). The molecule has 0 atom stereocenters. The molecule has 1 aromatic rings. The third-order valence-corrected chi connectivity index (χ3v) is 3.87. The SMILES string of the molecule is COCCN(C(=O)c1ccc(C(=O)O)s1)C1CC1. The molecule has 1 saturated carbocycles. The van der Waals surface area contributed by atoms with Gasteiger partial charge in [-0.15, -0.1) is 11.3 Å². The summed E-state index contributed by atoms with van der Waals surface area (Å²) in [5, 5.41) is 8.85. The molecule has 0 saturated heterocycles. The number of methoxy groups -OCH3 is 1. The van der Waals surface area contributed by atoms with Crippen LogP contribution in [0.1, 0.15) is 32.2 Å². The summed E-state index contributed by atoms with van der Waals surface area (Å²) in [5.41, 5.74) is 0. The summed E-state index contributed by atoms with van der Waals surface area (Å²) in [7, 11) is 1.60. The number of carboxylic acid groups (broad SMARTS) is 1. The minimum Gasteiger partial charge on any atom is -0.477 e. The van der Waals surface area contributed by atoms with Crippen LogP contribution in [-0.4, -0.2) is 48.2 Å². The number of hydrogen-bond acceptors (Lipinski definition) is 4. The van der Waals surface area contributed by atoms with E-state index in [1.165, 1.54) is 6.07 Å². The van der Waals surface area contributed by atoms with Crippen LogP contribution in [-0.2, 0) is 4.74 Å². The fourth-order valence-electron chi connectivity index (χ4n) is 1.74. The Labute approximate surface area is 109 Å². The molecule has 1 N–H and O–H groups in total. The molecule has 1 heterocycles. The van der Waals surface area contributed by atoms with Crippen LogP contribution in [0, 0.1) is 0 Å². The van der Waals surface area contributed by atoms with E-state index in [1.807, 2.05) is 0 Å². The van der Waals surface area contributed by atoms with Crippen LogP contribution in [0.25, 0.3) is 0 Å². The Hall–Kier alpha value is -1.40. The van der Waals surface area contributed by atoms with Gasteiger partial charge in [0.05, 0.1) is 11.5 Å². The summed E-state index contributed by atoms with van der Waals surface area (Å²) in [6.07, 6.45) is 2.04. The van der Waals surface area contributed by atoms with Crippen LogP contribution in [0.3, 0.4) is 0 Å². The van der Waals surface area contributed by atoms with Crippen molar-refractivity contribution < 1.29 is 19.4 Å². The fraction of sp³-hybridized carbons (Fsp3) is 0.500. The first-order valence-corrected chi connectivity index (χ1v) is 6.58. The van der Waals surface area contributed by atoms with Crippen LogP contribution in [0.4, 0.5) is 0 Å².